The van der Waals surface area contributed by atoms with Crippen LogP contribution in [0.2, 0.25) is 0 Å². The minimum atomic E-state index is 0.282. The van der Waals surface area contributed by atoms with E-state index in [2.05, 4.69) is 20.8 Å². The molecule has 1 rings (SSSR count). The van der Waals surface area contributed by atoms with Crippen LogP contribution in [-0.4, -0.2) is 11.6 Å². The average Bonchev–Trinajstić information content (AvgIpc) is 2.68. The Bertz CT molecular complexity index is 338. The van der Waals surface area contributed by atoms with E-state index in [1.807, 2.05) is 6.92 Å². The molecule has 168 valence electrons. The highest BCUT2D eigenvalue weighted by molar-refractivity contribution is 5.77. The maximum absolute atomic E-state index is 10.7. The molecule has 0 aromatic rings. The molecule has 1 saturated carbocycles. The second-order valence-corrected chi connectivity index (χ2v) is 8.81. The molecule has 28 heavy (non-hydrogen) atoms. The summed E-state index contributed by atoms with van der Waals surface area (Å²) in [6.45, 7) is 12.0. The summed E-state index contributed by atoms with van der Waals surface area (Å²) in [5.41, 5.74) is 0. The lowest BCUT2D eigenvalue weighted by Gasteiger charge is -2.20. The summed E-state index contributed by atoms with van der Waals surface area (Å²) < 4.78 is 0. The largest absolute Gasteiger partial charge is 0.300 e. The lowest BCUT2D eigenvalue weighted by molar-refractivity contribution is -0.120. The molecule has 2 heteroatoms. The number of rotatable bonds is 12. The van der Waals surface area contributed by atoms with E-state index in [0.29, 0.717) is 11.6 Å². The fourth-order valence-electron chi connectivity index (χ4n) is 3.51. The van der Waals surface area contributed by atoms with Crippen molar-refractivity contribution < 1.29 is 9.59 Å². The second-order valence-electron chi connectivity index (χ2n) is 8.81. The smallest absolute Gasteiger partial charge is 0.132 e. The zero-order chi connectivity index (χ0) is 21.6. The fraction of sp³-hybridized carbons (Fsp3) is 0.923. The van der Waals surface area contributed by atoms with Gasteiger partial charge in [0.25, 0.3) is 0 Å². The molecular formula is C26H52O2. The molecule has 0 aliphatic heterocycles. The van der Waals surface area contributed by atoms with Crippen molar-refractivity contribution in [2.75, 3.05) is 0 Å². The third-order valence-corrected chi connectivity index (χ3v) is 5.76. The quantitative estimate of drug-likeness (QED) is 0.309. The molecule has 1 atom stereocenters. The zero-order valence-electron chi connectivity index (χ0n) is 20.3. The van der Waals surface area contributed by atoms with Crippen LogP contribution in [0.5, 0.6) is 0 Å². The van der Waals surface area contributed by atoms with Crippen molar-refractivity contribution in [1.82, 2.24) is 0 Å². The normalized spacial score (nSPS) is 14.9. The van der Waals surface area contributed by atoms with Crippen LogP contribution >= 0.6 is 0 Å². The first kappa shape index (κ1) is 29.5. The van der Waals surface area contributed by atoms with Gasteiger partial charge in [0.15, 0.2) is 0 Å². The van der Waals surface area contributed by atoms with Crippen molar-refractivity contribution in [3.05, 3.63) is 0 Å². The van der Waals surface area contributed by atoms with Crippen molar-refractivity contribution in [3.63, 3.8) is 0 Å². The fourth-order valence-corrected chi connectivity index (χ4v) is 3.51. The number of hydrogen-bond acceptors (Lipinski definition) is 2. The highest BCUT2D eigenvalue weighted by Gasteiger charge is 2.12. The Kier molecular flexibility index (Phi) is 23.9. The molecule has 0 radical (unpaired) electrons. The van der Waals surface area contributed by atoms with Crippen molar-refractivity contribution >= 4 is 11.6 Å². The summed E-state index contributed by atoms with van der Waals surface area (Å²) in [7, 11) is 0. The summed E-state index contributed by atoms with van der Waals surface area (Å²) in [6.07, 6.45) is 20.8. The van der Waals surface area contributed by atoms with Crippen LogP contribution in [0.3, 0.4) is 0 Å². The minimum absolute atomic E-state index is 0.282. The maximum atomic E-state index is 10.7. The van der Waals surface area contributed by atoms with Crippen LogP contribution in [0.25, 0.3) is 0 Å². The van der Waals surface area contributed by atoms with Crippen LogP contribution in [0, 0.1) is 11.8 Å². The van der Waals surface area contributed by atoms with E-state index in [1.165, 1.54) is 83.5 Å². The second kappa shape index (κ2) is 22.6. The molecule has 0 aromatic heterocycles. The number of hydrogen-bond donors (Lipinski definition) is 0. The Morgan fingerprint density at radius 2 is 1.32 bits per heavy atom. The van der Waals surface area contributed by atoms with Gasteiger partial charge in [0, 0.05) is 12.3 Å². The molecule has 0 heterocycles. The Balaban J connectivity index is 0. The molecule has 0 spiro atoms. The summed E-state index contributed by atoms with van der Waals surface area (Å²) in [4.78, 5) is 21.3. The van der Waals surface area contributed by atoms with Gasteiger partial charge in [-0.25, -0.2) is 0 Å². The first-order valence-electron chi connectivity index (χ1n) is 12.4. The van der Waals surface area contributed by atoms with Gasteiger partial charge in [0.1, 0.15) is 11.6 Å². The standard InChI is InChI=1S/C11H20O.C8H16O.C7H16/c1-10(12)6-5-9-11-7-3-2-4-8-11;1-4-5-6-7(2)8(3)9;1-3-5-7-6-4-2/h11H,2-9H2,1H3;7H,4-6H2,1-3H3;3-7H2,1-2H3. The van der Waals surface area contributed by atoms with Gasteiger partial charge in [-0.2, -0.15) is 0 Å². The number of ketones is 2. The molecule has 2 nitrogen and oxygen atoms in total. The topological polar surface area (TPSA) is 34.1 Å². The maximum Gasteiger partial charge on any atom is 0.132 e. The summed E-state index contributed by atoms with van der Waals surface area (Å²) in [5, 5.41) is 0. The Labute approximate surface area is 177 Å². The zero-order valence-corrected chi connectivity index (χ0v) is 20.3. The van der Waals surface area contributed by atoms with Gasteiger partial charge >= 0.3 is 0 Å². The van der Waals surface area contributed by atoms with Crippen LogP contribution in [0.1, 0.15) is 144 Å². The van der Waals surface area contributed by atoms with Crippen LogP contribution < -0.4 is 0 Å². The van der Waals surface area contributed by atoms with Crippen molar-refractivity contribution in [3.8, 4) is 0 Å². The van der Waals surface area contributed by atoms with E-state index in [0.717, 1.165) is 25.2 Å². The Morgan fingerprint density at radius 1 is 0.786 bits per heavy atom. The third kappa shape index (κ3) is 23.4. The minimum Gasteiger partial charge on any atom is -0.300 e. The van der Waals surface area contributed by atoms with Gasteiger partial charge < -0.3 is 4.79 Å². The van der Waals surface area contributed by atoms with E-state index in [1.54, 1.807) is 13.8 Å². The number of unbranched alkanes of at least 4 members (excludes halogenated alkanes) is 5. The first-order chi connectivity index (χ1) is 13.4. The average molecular weight is 397 g/mol. The van der Waals surface area contributed by atoms with Crippen molar-refractivity contribution in [2.45, 2.75) is 144 Å². The van der Waals surface area contributed by atoms with Crippen molar-refractivity contribution in [1.29, 1.82) is 0 Å². The predicted octanol–water partition coefficient (Wildman–Crippen LogP) is 8.70. The molecule has 1 fully saturated rings. The van der Waals surface area contributed by atoms with Gasteiger partial charge in [0.05, 0.1) is 0 Å². The van der Waals surface area contributed by atoms with Crippen LogP contribution in [0.4, 0.5) is 0 Å². The lowest BCUT2D eigenvalue weighted by Crippen LogP contribution is -2.06. The summed E-state index contributed by atoms with van der Waals surface area (Å²) >= 11 is 0. The van der Waals surface area contributed by atoms with E-state index in [9.17, 15) is 9.59 Å². The van der Waals surface area contributed by atoms with Gasteiger partial charge in [-0.05, 0) is 32.6 Å². The molecule has 0 aromatic carbocycles. The Hall–Kier alpha value is -0.660. The van der Waals surface area contributed by atoms with Gasteiger partial charge in [-0.3, -0.25) is 4.79 Å². The SMILES string of the molecule is CC(=O)CCCC1CCCCC1.CCCCC(C)C(C)=O.CCCCCCC. The van der Waals surface area contributed by atoms with E-state index in [4.69, 9.17) is 0 Å². The summed E-state index contributed by atoms with van der Waals surface area (Å²) in [6, 6.07) is 0. The third-order valence-electron chi connectivity index (χ3n) is 5.76. The number of carbonyl (C=O) groups is 2. The first-order valence-corrected chi connectivity index (χ1v) is 12.4. The molecule has 0 bridgehead atoms. The van der Waals surface area contributed by atoms with E-state index >= 15 is 0 Å². The molecular weight excluding hydrogens is 344 g/mol. The van der Waals surface area contributed by atoms with Crippen LogP contribution in [0.15, 0.2) is 0 Å². The number of Topliss-reactive ketones (excluding diaryl/α,β-unsaturated/α-hetero) is 2. The van der Waals surface area contributed by atoms with Gasteiger partial charge in [-0.15, -0.1) is 0 Å². The predicted molar refractivity (Wildman–Crippen MR) is 125 cm³/mol. The monoisotopic (exact) mass is 396 g/mol. The van der Waals surface area contributed by atoms with E-state index < -0.39 is 0 Å². The lowest BCUT2D eigenvalue weighted by atomic mass is 9.85. The Morgan fingerprint density at radius 3 is 1.75 bits per heavy atom. The van der Waals surface area contributed by atoms with Gasteiger partial charge in [-0.1, -0.05) is 111 Å². The summed E-state index contributed by atoms with van der Waals surface area (Å²) in [5.74, 6) is 1.90. The molecule has 1 unspecified atom stereocenters. The molecule has 0 amide bonds. The highest BCUT2D eigenvalue weighted by atomic mass is 16.1. The molecule has 1 aliphatic carbocycles. The molecule has 1 aliphatic rings. The number of carbonyl (C=O) groups excluding carboxylic acids is 2. The van der Waals surface area contributed by atoms with E-state index in [-0.39, 0.29) is 5.92 Å². The molecule has 0 N–H and O–H groups in total. The highest BCUT2D eigenvalue weighted by Crippen LogP contribution is 2.27. The van der Waals surface area contributed by atoms with Crippen molar-refractivity contribution in [2.24, 2.45) is 11.8 Å². The van der Waals surface area contributed by atoms with Gasteiger partial charge in [0.2, 0.25) is 0 Å². The molecule has 0 saturated heterocycles. The van der Waals surface area contributed by atoms with Crippen LogP contribution in [-0.2, 0) is 9.59 Å².